The molecular weight excluding hydrogens is 268 g/mol. The average molecular weight is 282 g/mol. The highest BCUT2D eigenvalue weighted by Gasteiger charge is 2.11. The van der Waals surface area contributed by atoms with Crippen molar-refractivity contribution in [2.24, 2.45) is 0 Å². The minimum Gasteiger partial charge on any atom is -0.497 e. The van der Waals surface area contributed by atoms with Crippen LogP contribution in [0.15, 0.2) is 57.7 Å². The summed E-state index contributed by atoms with van der Waals surface area (Å²) < 4.78 is 15.8. The molecule has 2 aromatic carbocycles. The predicted molar refractivity (Wildman–Crippen MR) is 81.0 cm³/mol. The number of rotatable bonds is 3. The maximum Gasteiger partial charge on any atom is 0.344 e. The summed E-state index contributed by atoms with van der Waals surface area (Å²) in [5, 5.41) is 0.812. The van der Waals surface area contributed by atoms with Crippen LogP contribution in [0, 0.1) is 0 Å². The summed E-state index contributed by atoms with van der Waals surface area (Å²) >= 11 is 0. The van der Waals surface area contributed by atoms with Crippen LogP contribution in [0.5, 0.6) is 11.5 Å². The van der Waals surface area contributed by atoms with Gasteiger partial charge in [-0.3, -0.25) is 0 Å². The van der Waals surface area contributed by atoms with Crippen molar-refractivity contribution in [2.75, 3.05) is 14.2 Å². The largest absolute Gasteiger partial charge is 0.497 e. The van der Waals surface area contributed by atoms with Crippen LogP contribution in [0.1, 0.15) is 0 Å². The second-order valence-electron chi connectivity index (χ2n) is 4.56. The fourth-order valence-electron chi connectivity index (χ4n) is 2.27. The lowest BCUT2D eigenvalue weighted by Gasteiger charge is -2.07. The van der Waals surface area contributed by atoms with Crippen molar-refractivity contribution in [3.8, 4) is 22.6 Å². The second-order valence-corrected chi connectivity index (χ2v) is 4.56. The van der Waals surface area contributed by atoms with Crippen molar-refractivity contribution < 1.29 is 13.9 Å². The van der Waals surface area contributed by atoms with E-state index in [1.165, 1.54) is 0 Å². The van der Waals surface area contributed by atoms with Crippen molar-refractivity contribution in [1.29, 1.82) is 0 Å². The lowest BCUT2D eigenvalue weighted by atomic mass is 10.1. The van der Waals surface area contributed by atoms with E-state index in [0.29, 0.717) is 22.6 Å². The molecule has 3 rings (SSSR count). The quantitative estimate of drug-likeness (QED) is 0.690. The topological polar surface area (TPSA) is 48.7 Å². The highest BCUT2D eigenvalue weighted by atomic mass is 16.5. The Morgan fingerprint density at radius 2 is 1.76 bits per heavy atom. The Morgan fingerprint density at radius 3 is 2.52 bits per heavy atom. The summed E-state index contributed by atoms with van der Waals surface area (Å²) in [6.45, 7) is 0. The van der Waals surface area contributed by atoms with Gasteiger partial charge in [0.1, 0.15) is 5.75 Å². The highest BCUT2D eigenvalue weighted by molar-refractivity contribution is 5.86. The predicted octanol–water partition coefficient (Wildman–Crippen LogP) is 3.48. The zero-order valence-corrected chi connectivity index (χ0v) is 11.8. The van der Waals surface area contributed by atoms with E-state index in [2.05, 4.69) is 0 Å². The van der Waals surface area contributed by atoms with E-state index >= 15 is 0 Å². The molecule has 106 valence electrons. The van der Waals surface area contributed by atoms with Crippen LogP contribution in [0.2, 0.25) is 0 Å². The van der Waals surface area contributed by atoms with Gasteiger partial charge < -0.3 is 13.9 Å². The van der Waals surface area contributed by atoms with Gasteiger partial charge in [0, 0.05) is 5.39 Å². The standard InChI is InChI=1S/C17H14O4/c1-19-13-7-3-5-11(9-13)14-10-12-6-4-8-15(20-2)16(12)21-17(14)18/h3-10H,1-2H3. The van der Waals surface area contributed by atoms with Crippen LogP contribution in [-0.2, 0) is 0 Å². The molecule has 4 nitrogen and oxygen atoms in total. The van der Waals surface area contributed by atoms with Crippen molar-refractivity contribution in [3.05, 3.63) is 59.0 Å². The van der Waals surface area contributed by atoms with Gasteiger partial charge in [0.15, 0.2) is 11.3 Å². The molecule has 0 bridgehead atoms. The molecule has 4 heteroatoms. The van der Waals surface area contributed by atoms with E-state index in [4.69, 9.17) is 13.9 Å². The molecule has 3 aromatic rings. The van der Waals surface area contributed by atoms with Crippen LogP contribution in [0.4, 0.5) is 0 Å². The molecule has 0 N–H and O–H groups in total. The van der Waals surface area contributed by atoms with E-state index in [0.717, 1.165) is 10.9 Å². The van der Waals surface area contributed by atoms with Gasteiger partial charge in [-0.2, -0.15) is 0 Å². The van der Waals surface area contributed by atoms with E-state index < -0.39 is 5.63 Å². The number of methoxy groups -OCH3 is 2. The smallest absolute Gasteiger partial charge is 0.344 e. The van der Waals surface area contributed by atoms with Gasteiger partial charge in [-0.05, 0) is 29.8 Å². The molecule has 0 amide bonds. The number of hydrogen-bond donors (Lipinski definition) is 0. The Hall–Kier alpha value is -2.75. The molecule has 0 aliphatic rings. The molecule has 0 radical (unpaired) electrons. The van der Waals surface area contributed by atoms with E-state index in [1.807, 2.05) is 30.3 Å². The molecule has 0 aliphatic carbocycles. The summed E-state index contributed by atoms with van der Waals surface area (Å²) in [7, 11) is 3.14. The first-order valence-electron chi connectivity index (χ1n) is 6.48. The van der Waals surface area contributed by atoms with Gasteiger partial charge in [0.25, 0.3) is 0 Å². The normalized spacial score (nSPS) is 10.6. The van der Waals surface area contributed by atoms with Gasteiger partial charge >= 0.3 is 5.63 Å². The van der Waals surface area contributed by atoms with Gasteiger partial charge in [-0.1, -0.05) is 24.3 Å². The first-order valence-corrected chi connectivity index (χ1v) is 6.48. The maximum absolute atomic E-state index is 12.2. The van der Waals surface area contributed by atoms with Crippen LogP contribution in [-0.4, -0.2) is 14.2 Å². The zero-order valence-electron chi connectivity index (χ0n) is 11.8. The number of hydrogen-bond acceptors (Lipinski definition) is 4. The number of benzene rings is 2. The summed E-state index contributed by atoms with van der Waals surface area (Å²) in [5.41, 5.74) is 1.30. The molecular formula is C17H14O4. The van der Waals surface area contributed by atoms with Crippen LogP contribution < -0.4 is 15.1 Å². The van der Waals surface area contributed by atoms with Crippen LogP contribution in [0.25, 0.3) is 22.1 Å². The summed E-state index contributed by atoms with van der Waals surface area (Å²) in [4.78, 5) is 12.2. The minimum atomic E-state index is -0.403. The first kappa shape index (κ1) is 13.2. The summed E-state index contributed by atoms with van der Waals surface area (Å²) in [5.74, 6) is 1.24. The number of para-hydroxylation sites is 1. The Kier molecular flexibility index (Phi) is 3.36. The van der Waals surface area contributed by atoms with Crippen molar-refractivity contribution in [1.82, 2.24) is 0 Å². The fourth-order valence-corrected chi connectivity index (χ4v) is 2.27. The number of fused-ring (bicyclic) bond motifs is 1. The Bertz CT molecular complexity index is 849. The third-order valence-electron chi connectivity index (χ3n) is 3.32. The SMILES string of the molecule is COc1cccc(-c2cc3cccc(OC)c3oc2=O)c1. The molecule has 0 unspecified atom stereocenters. The molecule has 0 saturated carbocycles. The number of ether oxygens (including phenoxy) is 2. The Balaban J connectivity index is 2.24. The summed E-state index contributed by atoms with van der Waals surface area (Å²) in [6.07, 6.45) is 0. The molecule has 0 aliphatic heterocycles. The lowest BCUT2D eigenvalue weighted by molar-refractivity contribution is 0.407. The molecule has 1 heterocycles. The molecule has 21 heavy (non-hydrogen) atoms. The third-order valence-corrected chi connectivity index (χ3v) is 3.32. The lowest BCUT2D eigenvalue weighted by Crippen LogP contribution is -2.03. The van der Waals surface area contributed by atoms with Gasteiger partial charge in [0.05, 0.1) is 19.8 Å². The molecule has 0 atom stereocenters. The van der Waals surface area contributed by atoms with Crippen LogP contribution in [0.3, 0.4) is 0 Å². The van der Waals surface area contributed by atoms with Crippen LogP contribution >= 0.6 is 0 Å². The van der Waals surface area contributed by atoms with Gasteiger partial charge in [0.2, 0.25) is 0 Å². The Morgan fingerprint density at radius 1 is 0.952 bits per heavy atom. The maximum atomic E-state index is 12.2. The van der Waals surface area contributed by atoms with Crippen molar-refractivity contribution in [3.63, 3.8) is 0 Å². The molecule has 0 spiro atoms. The van der Waals surface area contributed by atoms with E-state index in [1.54, 1.807) is 32.4 Å². The van der Waals surface area contributed by atoms with Gasteiger partial charge in [-0.25, -0.2) is 4.79 Å². The highest BCUT2D eigenvalue weighted by Crippen LogP contribution is 2.28. The van der Waals surface area contributed by atoms with Gasteiger partial charge in [-0.15, -0.1) is 0 Å². The van der Waals surface area contributed by atoms with Crippen molar-refractivity contribution in [2.45, 2.75) is 0 Å². The van der Waals surface area contributed by atoms with E-state index in [9.17, 15) is 4.79 Å². The zero-order chi connectivity index (χ0) is 14.8. The molecule has 0 fully saturated rings. The van der Waals surface area contributed by atoms with E-state index in [-0.39, 0.29) is 0 Å². The third kappa shape index (κ3) is 2.36. The fraction of sp³-hybridized carbons (Fsp3) is 0.118. The van der Waals surface area contributed by atoms with Crippen molar-refractivity contribution >= 4 is 11.0 Å². The first-order chi connectivity index (χ1) is 10.2. The molecule has 0 saturated heterocycles. The second kappa shape index (κ2) is 5.32. The minimum absolute atomic E-state index is 0.403. The average Bonchev–Trinajstić information content (AvgIpc) is 2.53. The molecule has 1 aromatic heterocycles. The monoisotopic (exact) mass is 282 g/mol. The summed E-state index contributed by atoms with van der Waals surface area (Å²) in [6, 6.07) is 14.6. The Labute approximate surface area is 121 Å².